The van der Waals surface area contributed by atoms with Gasteiger partial charge in [0.1, 0.15) is 17.0 Å². The Morgan fingerprint density at radius 3 is 2.45 bits per heavy atom. The molecule has 0 bridgehead atoms. The van der Waals surface area contributed by atoms with Crippen LogP contribution in [-0.2, 0) is 12.1 Å². The molecule has 0 aliphatic carbocycles. The Balaban J connectivity index is 2.62. The van der Waals surface area contributed by atoms with Crippen LogP contribution in [0.1, 0.15) is 25.1 Å². The highest BCUT2D eigenvalue weighted by Crippen LogP contribution is 2.39. The summed E-state index contributed by atoms with van der Waals surface area (Å²) in [5.74, 6) is 1.19. The number of nitrogens with zero attached hydrogens (tertiary/aromatic N) is 2. The third-order valence-corrected chi connectivity index (χ3v) is 3.42. The summed E-state index contributed by atoms with van der Waals surface area (Å²) >= 11 is 0. The van der Waals surface area contributed by atoms with Crippen molar-refractivity contribution >= 4 is 0 Å². The van der Waals surface area contributed by atoms with Gasteiger partial charge >= 0.3 is 0 Å². The molecular formula is C15H20N2O3. The normalized spacial score (nSPS) is 13.8. The van der Waals surface area contributed by atoms with Crippen molar-refractivity contribution in [1.82, 2.24) is 9.78 Å². The predicted molar refractivity (Wildman–Crippen MR) is 76.1 cm³/mol. The van der Waals surface area contributed by atoms with Gasteiger partial charge in [0.25, 0.3) is 0 Å². The Morgan fingerprint density at radius 2 is 1.85 bits per heavy atom. The number of methoxy groups -OCH3 is 2. The van der Waals surface area contributed by atoms with Crippen LogP contribution >= 0.6 is 0 Å². The fourth-order valence-electron chi connectivity index (χ4n) is 2.42. The molecule has 0 aliphatic rings. The number of ether oxygens (including phenoxy) is 2. The van der Waals surface area contributed by atoms with Crippen LogP contribution in [0.15, 0.2) is 30.5 Å². The van der Waals surface area contributed by atoms with E-state index in [0.29, 0.717) is 29.3 Å². The Kier molecular flexibility index (Phi) is 3.99. The molecule has 0 spiro atoms. The van der Waals surface area contributed by atoms with Gasteiger partial charge in [0.15, 0.2) is 5.75 Å². The third-order valence-electron chi connectivity index (χ3n) is 3.42. The number of benzene rings is 1. The molecule has 0 radical (unpaired) electrons. The maximum absolute atomic E-state index is 11.1. The summed E-state index contributed by atoms with van der Waals surface area (Å²) in [5.41, 5.74) is 0.0350. The first kappa shape index (κ1) is 14.4. The molecule has 1 aromatic heterocycles. The van der Waals surface area contributed by atoms with E-state index in [9.17, 15) is 5.11 Å². The summed E-state index contributed by atoms with van der Waals surface area (Å²) in [4.78, 5) is 0. The second kappa shape index (κ2) is 5.54. The van der Waals surface area contributed by atoms with Gasteiger partial charge < -0.3 is 14.6 Å². The van der Waals surface area contributed by atoms with E-state index in [1.165, 1.54) is 0 Å². The fraction of sp³-hybridized carbons (Fsp3) is 0.400. The minimum Gasteiger partial charge on any atom is -0.496 e. The highest BCUT2D eigenvalue weighted by atomic mass is 16.5. The van der Waals surface area contributed by atoms with E-state index in [2.05, 4.69) is 5.10 Å². The number of para-hydroxylation sites is 1. The maximum Gasteiger partial charge on any atom is 0.163 e. The molecule has 1 N–H and O–H groups in total. The van der Waals surface area contributed by atoms with Crippen molar-refractivity contribution in [2.75, 3.05) is 14.2 Å². The summed E-state index contributed by atoms with van der Waals surface area (Å²) in [6, 6.07) is 7.40. The molecule has 0 amide bonds. The van der Waals surface area contributed by atoms with Crippen LogP contribution in [0.25, 0.3) is 0 Å². The van der Waals surface area contributed by atoms with Gasteiger partial charge in [-0.2, -0.15) is 5.10 Å². The quantitative estimate of drug-likeness (QED) is 0.909. The lowest BCUT2D eigenvalue weighted by atomic mass is 9.91. The average molecular weight is 276 g/mol. The number of aliphatic hydroxyl groups is 1. The number of aromatic nitrogens is 2. The predicted octanol–water partition coefficient (Wildman–Crippen LogP) is 2.18. The third kappa shape index (κ3) is 2.25. The van der Waals surface area contributed by atoms with Crippen molar-refractivity contribution in [3.63, 3.8) is 0 Å². The van der Waals surface area contributed by atoms with E-state index in [4.69, 9.17) is 9.47 Å². The van der Waals surface area contributed by atoms with E-state index >= 15 is 0 Å². The van der Waals surface area contributed by atoms with Crippen LogP contribution in [0, 0.1) is 0 Å². The van der Waals surface area contributed by atoms with Crippen LogP contribution in [0.3, 0.4) is 0 Å². The molecule has 0 saturated heterocycles. The lowest BCUT2D eigenvalue weighted by Crippen LogP contribution is -2.28. The molecular weight excluding hydrogens is 256 g/mol. The van der Waals surface area contributed by atoms with E-state index in [1.807, 2.05) is 31.2 Å². The summed E-state index contributed by atoms with van der Waals surface area (Å²) in [7, 11) is 3.15. The van der Waals surface area contributed by atoms with Gasteiger partial charge in [-0.1, -0.05) is 18.2 Å². The van der Waals surface area contributed by atoms with Crippen LogP contribution < -0.4 is 9.47 Å². The van der Waals surface area contributed by atoms with E-state index in [-0.39, 0.29) is 0 Å². The van der Waals surface area contributed by atoms with Gasteiger partial charge in [-0.05, 0) is 19.9 Å². The summed E-state index contributed by atoms with van der Waals surface area (Å²) in [6.45, 7) is 4.33. The first-order valence-corrected chi connectivity index (χ1v) is 6.52. The second-order valence-corrected chi connectivity index (χ2v) is 4.65. The Morgan fingerprint density at radius 1 is 1.20 bits per heavy atom. The van der Waals surface area contributed by atoms with Crippen LogP contribution in [0.2, 0.25) is 0 Å². The lowest BCUT2D eigenvalue weighted by Gasteiger charge is -2.27. The van der Waals surface area contributed by atoms with Crippen molar-refractivity contribution in [2.24, 2.45) is 0 Å². The largest absolute Gasteiger partial charge is 0.496 e. The molecule has 1 unspecified atom stereocenters. The zero-order chi connectivity index (χ0) is 14.8. The van der Waals surface area contributed by atoms with Crippen LogP contribution in [0.4, 0.5) is 0 Å². The molecule has 0 fully saturated rings. The number of rotatable bonds is 5. The second-order valence-electron chi connectivity index (χ2n) is 4.65. The van der Waals surface area contributed by atoms with Gasteiger partial charge in [-0.25, -0.2) is 0 Å². The molecule has 5 nitrogen and oxygen atoms in total. The average Bonchev–Trinajstić information content (AvgIpc) is 2.91. The first-order chi connectivity index (χ1) is 9.56. The van der Waals surface area contributed by atoms with E-state index in [0.717, 1.165) is 0 Å². The summed E-state index contributed by atoms with van der Waals surface area (Å²) in [6.07, 6.45) is 1.61. The molecule has 108 valence electrons. The van der Waals surface area contributed by atoms with Gasteiger partial charge in [0.2, 0.25) is 0 Å². The first-order valence-electron chi connectivity index (χ1n) is 6.52. The maximum atomic E-state index is 11.1. The van der Waals surface area contributed by atoms with E-state index < -0.39 is 5.60 Å². The number of hydrogen-bond acceptors (Lipinski definition) is 4. The number of aryl methyl sites for hydroxylation is 1. The molecule has 0 saturated carbocycles. The van der Waals surface area contributed by atoms with Crippen molar-refractivity contribution < 1.29 is 14.6 Å². The fourth-order valence-corrected chi connectivity index (χ4v) is 2.42. The van der Waals surface area contributed by atoms with Crippen molar-refractivity contribution in [2.45, 2.75) is 26.0 Å². The Labute approximate surface area is 118 Å². The van der Waals surface area contributed by atoms with Crippen LogP contribution in [0.5, 0.6) is 11.5 Å². The Hall–Kier alpha value is -2.01. The lowest BCUT2D eigenvalue weighted by molar-refractivity contribution is 0.0856. The highest BCUT2D eigenvalue weighted by molar-refractivity contribution is 5.46. The molecule has 2 rings (SSSR count). The summed E-state index contributed by atoms with van der Waals surface area (Å²) < 4.78 is 12.4. The summed E-state index contributed by atoms with van der Waals surface area (Å²) in [5, 5.41) is 15.3. The van der Waals surface area contributed by atoms with Crippen molar-refractivity contribution in [3.8, 4) is 11.5 Å². The molecule has 1 aromatic carbocycles. The minimum atomic E-state index is -1.26. The van der Waals surface area contributed by atoms with Gasteiger partial charge in [-0.15, -0.1) is 0 Å². The van der Waals surface area contributed by atoms with Gasteiger partial charge in [0.05, 0.1) is 20.4 Å². The smallest absolute Gasteiger partial charge is 0.163 e. The molecule has 20 heavy (non-hydrogen) atoms. The van der Waals surface area contributed by atoms with Gasteiger partial charge in [-0.3, -0.25) is 4.68 Å². The zero-order valence-corrected chi connectivity index (χ0v) is 12.3. The molecule has 2 aromatic rings. The van der Waals surface area contributed by atoms with Crippen molar-refractivity contribution in [3.05, 3.63) is 41.7 Å². The minimum absolute atomic E-state index is 0.558. The van der Waals surface area contributed by atoms with E-state index in [1.54, 1.807) is 32.0 Å². The Bertz CT molecular complexity index is 569. The topological polar surface area (TPSA) is 56.5 Å². The number of hydrogen-bond donors (Lipinski definition) is 1. The molecule has 0 aliphatic heterocycles. The molecule has 5 heteroatoms. The SMILES string of the molecule is CCn1ncc(OC)c1C(C)(O)c1ccccc1OC. The highest BCUT2D eigenvalue weighted by Gasteiger charge is 2.35. The standard InChI is InChI=1S/C15H20N2O3/c1-5-17-14(13(20-4)10-16-17)15(2,18)11-8-6-7-9-12(11)19-3/h6-10,18H,5H2,1-4H3. The molecule has 1 heterocycles. The monoisotopic (exact) mass is 276 g/mol. The van der Waals surface area contributed by atoms with Gasteiger partial charge in [0, 0.05) is 12.1 Å². The molecule has 1 atom stereocenters. The van der Waals surface area contributed by atoms with Crippen molar-refractivity contribution in [1.29, 1.82) is 0 Å². The van der Waals surface area contributed by atoms with Crippen LogP contribution in [-0.4, -0.2) is 29.1 Å². The zero-order valence-electron chi connectivity index (χ0n) is 12.3.